The maximum absolute atomic E-state index is 12.7. The number of hydrogen-bond donors (Lipinski definition) is 1. The minimum Gasteiger partial charge on any atom is -0.493 e. The number of anilines is 1. The smallest absolute Gasteiger partial charge is 0.246 e. The van der Waals surface area contributed by atoms with Gasteiger partial charge in [0.15, 0.2) is 0 Å². The summed E-state index contributed by atoms with van der Waals surface area (Å²) in [6, 6.07) is 8.06. The molecule has 6 heteroatoms. The zero-order valence-corrected chi connectivity index (χ0v) is 18.1. The lowest BCUT2D eigenvalue weighted by molar-refractivity contribution is -0.125. The van der Waals surface area contributed by atoms with Gasteiger partial charge in [0.05, 0.1) is 6.61 Å². The second-order valence-electron chi connectivity index (χ2n) is 7.78. The molecule has 1 aliphatic rings. The van der Waals surface area contributed by atoms with E-state index in [9.17, 15) is 9.59 Å². The van der Waals surface area contributed by atoms with E-state index in [4.69, 9.17) is 4.74 Å². The molecule has 0 saturated heterocycles. The molecule has 0 spiro atoms. The molecule has 0 fully saturated rings. The third-order valence-electron chi connectivity index (χ3n) is 5.11. The molecule has 1 aromatic heterocycles. The summed E-state index contributed by atoms with van der Waals surface area (Å²) in [6.45, 7) is 7.29. The lowest BCUT2D eigenvalue weighted by Gasteiger charge is -2.21. The van der Waals surface area contributed by atoms with Crippen LogP contribution < -0.4 is 10.1 Å². The highest BCUT2D eigenvalue weighted by molar-refractivity contribution is 5.93. The largest absolute Gasteiger partial charge is 0.493 e. The molecule has 2 amide bonds. The van der Waals surface area contributed by atoms with Crippen molar-refractivity contribution in [1.29, 1.82) is 0 Å². The number of hydrogen-bond acceptors (Lipinski definition) is 4. The maximum Gasteiger partial charge on any atom is 0.246 e. The SMILES string of the molecule is CCOc1c(CN(C)C(=O)C=Cc2cnc3c(c2)CCC(=O)N3)cccc1C(C)C. The number of carbonyl (C=O) groups is 2. The Balaban J connectivity index is 1.71. The number of likely N-dealkylation sites (N-methyl/N-ethyl adjacent to an activating group) is 1. The monoisotopic (exact) mass is 407 g/mol. The van der Waals surface area contributed by atoms with Crippen molar-refractivity contribution in [3.8, 4) is 5.75 Å². The Hall–Kier alpha value is -3.15. The van der Waals surface area contributed by atoms with Crippen molar-refractivity contribution >= 4 is 23.7 Å². The van der Waals surface area contributed by atoms with Crippen LogP contribution in [-0.4, -0.2) is 35.4 Å². The molecule has 0 unspecified atom stereocenters. The van der Waals surface area contributed by atoms with Crippen molar-refractivity contribution in [3.63, 3.8) is 0 Å². The van der Waals surface area contributed by atoms with Crippen LogP contribution in [0.2, 0.25) is 0 Å². The van der Waals surface area contributed by atoms with Gasteiger partial charge in [-0.3, -0.25) is 9.59 Å². The Labute approximate surface area is 178 Å². The van der Waals surface area contributed by atoms with Crippen molar-refractivity contribution in [3.05, 3.63) is 58.8 Å². The van der Waals surface area contributed by atoms with Gasteiger partial charge in [0.2, 0.25) is 11.8 Å². The van der Waals surface area contributed by atoms with Crippen LogP contribution in [0.5, 0.6) is 5.75 Å². The number of ether oxygens (including phenoxy) is 1. The molecule has 0 bridgehead atoms. The number of fused-ring (bicyclic) bond motifs is 1. The van der Waals surface area contributed by atoms with Crippen LogP contribution in [0.3, 0.4) is 0 Å². The first-order chi connectivity index (χ1) is 14.4. The van der Waals surface area contributed by atoms with Gasteiger partial charge < -0.3 is 15.0 Å². The number of amides is 2. The summed E-state index contributed by atoms with van der Waals surface area (Å²) in [6.07, 6.45) is 6.10. The van der Waals surface area contributed by atoms with Crippen molar-refractivity contribution in [2.24, 2.45) is 0 Å². The van der Waals surface area contributed by atoms with Crippen LogP contribution in [0.4, 0.5) is 5.82 Å². The summed E-state index contributed by atoms with van der Waals surface area (Å²) in [5, 5.41) is 2.76. The first-order valence-electron chi connectivity index (χ1n) is 10.4. The molecule has 2 aromatic rings. The second-order valence-corrected chi connectivity index (χ2v) is 7.78. The number of carbonyl (C=O) groups excluding carboxylic acids is 2. The second kappa shape index (κ2) is 9.57. The molecule has 2 heterocycles. The van der Waals surface area contributed by atoms with E-state index >= 15 is 0 Å². The highest BCUT2D eigenvalue weighted by Gasteiger charge is 2.17. The molecule has 0 saturated carbocycles. The molecule has 0 aliphatic carbocycles. The Morgan fingerprint density at radius 1 is 1.33 bits per heavy atom. The topological polar surface area (TPSA) is 71.5 Å². The van der Waals surface area contributed by atoms with Crippen LogP contribution >= 0.6 is 0 Å². The Bertz CT molecular complexity index is 966. The fraction of sp³-hybridized carbons (Fsp3) is 0.375. The zero-order chi connectivity index (χ0) is 21.7. The van der Waals surface area contributed by atoms with E-state index in [1.807, 2.05) is 25.1 Å². The van der Waals surface area contributed by atoms with E-state index in [2.05, 4.69) is 30.2 Å². The van der Waals surface area contributed by atoms with Gasteiger partial charge in [0.1, 0.15) is 11.6 Å². The summed E-state index contributed by atoms with van der Waals surface area (Å²) in [7, 11) is 1.78. The highest BCUT2D eigenvalue weighted by Crippen LogP contribution is 2.31. The molecule has 1 N–H and O–H groups in total. The Kier molecular flexibility index (Phi) is 6.87. The lowest BCUT2D eigenvalue weighted by atomic mass is 9.99. The van der Waals surface area contributed by atoms with E-state index < -0.39 is 0 Å². The predicted octanol–water partition coefficient (Wildman–Crippen LogP) is 4.16. The number of benzene rings is 1. The number of nitrogens with zero attached hydrogens (tertiary/aromatic N) is 2. The highest BCUT2D eigenvalue weighted by atomic mass is 16.5. The molecule has 6 nitrogen and oxygen atoms in total. The Morgan fingerprint density at radius 2 is 2.13 bits per heavy atom. The first kappa shape index (κ1) is 21.6. The lowest BCUT2D eigenvalue weighted by Crippen LogP contribution is -2.24. The quantitative estimate of drug-likeness (QED) is 0.700. The van der Waals surface area contributed by atoms with Crippen molar-refractivity contribution < 1.29 is 14.3 Å². The maximum atomic E-state index is 12.7. The van der Waals surface area contributed by atoms with Crippen LogP contribution in [0.1, 0.15) is 55.4 Å². The number of aryl methyl sites for hydroxylation is 1. The molecular formula is C24H29N3O3. The summed E-state index contributed by atoms with van der Waals surface area (Å²) in [5.41, 5.74) is 3.98. The van der Waals surface area contributed by atoms with Crippen LogP contribution in [0, 0.1) is 0 Å². The van der Waals surface area contributed by atoms with Crippen molar-refractivity contribution in [1.82, 2.24) is 9.88 Å². The summed E-state index contributed by atoms with van der Waals surface area (Å²) >= 11 is 0. The average Bonchev–Trinajstić information content (AvgIpc) is 2.73. The Morgan fingerprint density at radius 3 is 2.87 bits per heavy atom. The molecule has 1 aliphatic heterocycles. The van der Waals surface area contributed by atoms with E-state index in [-0.39, 0.29) is 11.8 Å². The van der Waals surface area contributed by atoms with Gasteiger partial charge in [0, 0.05) is 37.8 Å². The molecule has 30 heavy (non-hydrogen) atoms. The molecular weight excluding hydrogens is 378 g/mol. The molecule has 3 rings (SSSR count). The summed E-state index contributed by atoms with van der Waals surface area (Å²) in [5.74, 6) is 1.72. The molecule has 158 valence electrons. The number of nitrogens with one attached hydrogen (secondary N) is 1. The third kappa shape index (κ3) is 5.06. The molecule has 0 radical (unpaired) electrons. The summed E-state index contributed by atoms with van der Waals surface area (Å²) < 4.78 is 5.91. The molecule has 0 atom stereocenters. The number of rotatable bonds is 7. The first-order valence-corrected chi connectivity index (χ1v) is 10.4. The van der Waals surface area contributed by atoms with Gasteiger partial charge in [-0.15, -0.1) is 0 Å². The minimum absolute atomic E-state index is 0.0111. The van der Waals surface area contributed by atoms with Gasteiger partial charge in [-0.25, -0.2) is 4.98 Å². The van der Waals surface area contributed by atoms with E-state index in [1.54, 1.807) is 30.3 Å². The normalized spacial score (nSPS) is 13.3. The van der Waals surface area contributed by atoms with Gasteiger partial charge in [-0.2, -0.15) is 0 Å². The van der Waals surface area contributed by atoms with E-state index in [0.29, 0.717) is 37.7 Å². The summed E-state index contributed by atoms with van der Waals surface area (Å²) in [4.78, 5) is 30.1. The minimum atomic E-state index is -0.0987. The number of para-hydroxylation sites is 1. The predicted molar refractivity (Wildman–Crippen MR) is 118 cm³/mol. The van der Waals surface area contributed by atoms with Crippen molar-refractivity contribution in [2.45, 2.75) is 46.1 Å². The van der Waals surface area contributed by atoms with E-state index in [1.165, 1.54) is 0 Å². The van der Waals surface area contributed by atoms with Crippen LogP contribution in [0.15, 0.2) is 36.5 Å². The fourth-order valence-electron chi connectivity index (χ4n) is 3.50. The van der Waals surface area contributed by atoms with Crippen LogP contribution in [0.25, 0.3) is 6.08 Å². The molecule has 1 aromatic carbocycles. The number of aromatic nitrogens is 1. The standard InChI is InChI=1S/C24H29N3O3/c1-5-30-23-19(7-6-8-20(23)16(2)3)15-27(4)22(29)12-9-17-13-18-10-11-21(28)26-24(18)25-14-17/h6-9,12-14,16H,5,10-11,15H2,1-4H3,(H,25,26,28). The van der Waals surface area contributed by atoms with Gasteiger partial charge >= 0.3 is 0 Å². The zero-order valence-electron chi connectivity index (χ0n) is 18.1. The number of pyridine rings is 1. The van der Waals surface area contributed by atoms with E-state index in [0.717, 1.165) is 28.0 Å². The average molecular weight is 408 g/mol. The van der Waals surface area contributed by atoms with Crippen molar-refractivity contribution in [2.75, 3.05) is 19.0 Å². The van der Waals surface area contributed by atoms with Crippen LogP contribution in [-0.2, 0) is 22.6 Å². The van der Waals surface area contributed by atoms with Gasteiger partial charge in [-0.1, -0.05) is 32.0 Å². The third-order valence-corrected chi connectivity index (χ3v) is 5.11. The van der Waals surface area contributed by atoms with Gasteiger partial charge in [0.25, 0.3) is 0 Å². The fourth-order valence-corrected chi connectivity index (χ4v) is 3.50. The van der Waals surface area contributed by atoms with Gasteiger partial charge in [-0.05, 0) is 48.1 Å².